The number of hydrogen-bond donors (Lipinski definition) is 2. The van der Waals surface area contributed by atoms with Crippen LogP contribution in [0.15, 0.2) is 30.3 Å². The molecular formula is C15H28N2O. The summed E-state index contributed by atoms with van der Waals surface area (Å²) >= 11 is 0. The molecule has 0 bridgehead atoms. The van der Waals surface area contributed by atoms with Gasteiger partial charge in [0.1, 0.15) is 0 Å². The van der Waals surface area contributed by atoms with Gasteiger partial charge in [0.2, 0.25) is 0 Å². The van der Waals surface area contributed by atoms with Crippen LogP contribution in [-0.2, 0) is 4.84 Å². The molecule has 0 aliphatic heterocycles. The SMILES string of the molecule is CCC(CC)ONCCCN.Cc1ccccc1. The van der Waals surface area contributed by atoms with E-state index in [1.54, 1.807) is 0 Å². The Morgan fingerprint density at radius 1 is 1.17 bits per heavy atom. The van der Waals surface area contributed by atoms with Crippen LogP contribution in [0.2, 0.25) is 0 Å². The van der Waals surface area contributed by atoms with E-state index in [9.17, 15) is 0 Å². The normalized spacial score (nSPS) is 10.1. The van der Waals surface area contributed by atoms with E-state index in [2.05, 4.69) is 38.4 Å². The van der Waals surface area contributed by atoms with Crippen molar-refractivity contribution in [3.05, 3.63) is 35.9 Å². The molecule has 0 saturated heterocycles. The second-order valence-corrected chi connectivity index (χ2v) is 4.25. The average molecular weight is 252 g/mol. The fourth-order valence-electron chi connectivity index (χ4n) is 1.34. The van der Waals surface area contributed by atoms with Crippen molar-refractivity contribution < 1.29 is 4.84 Å². The summed E-state index contributed by atoms with van der Waals surface area (Å²) in [6, 6.07) is 10.3. The topological polar surface area (TPSA) is 47.3 Å². The van der Waals surface area contributed by atoms with Gasteiger partial charge in [0.05, 0.1) is 6.10 Å². The van der Waals surface area contributed by atoms with E-state index in [0.29, 0.717) is 6.10 Å². The van der Waals surface area contributed by atoms with Crippen molar-refractivity contribution in [3.63, 3.8) is 0 Å². The van der Waals surface area contributed by atoms with Crippen LogP contribution in [0.5, 0.6) is 0 Å². The Hall–Kier alpha value is -0.900. The maximum atomic E-state index is 5.34. The van der Waals surface area contributed by atoms with Gasteiger partial charge in [-0.15, -0.1) is 0 Å². The van der Waals surface area contributed by atoms with Gasteiger partial charge in [-0.3, -0.25) is 4.84 Å². The van der Waals surface area contributed by atoms with E-state index in [4.69, 9.17) is 10.6 Å². The van der Waals surface area contributed by atoms with Crippen molar-refractivity contribution in [2.45, 2.75) is 46.1 Å². The number of aryl methyl sites for hydroxylation is 1. The van der Waals surface area contributed by atoms with Crippen LogP contribution in [0.1, 0.15) is 38.7 Å². The fourth-order valence-corrected chi connectivity index (χ4v) is 1.34. The van der Waals surface area contributed by atoms with Gasteiger partial charge in [0.15, 0.2) is 0 Å². The molecule has 0 radical (unpaired) electrons. The summed E-state index contributed by atoms with van der Waals surface area (Å²) in [6.07, 6.45) is 3.45. The predicted octanol–water partition coefficient (Wildman–Crippen LogP) is 3.04. The molecule has 1 rings (SSSR count). The molecule has 0 fully saturated rings. The van der Waals surface area contributed by atoms with Gasteiger partial charge in [0.25, 0.3) is 0 Å². The van der Waals surface area contributed by atoms with E-state index >= 15 is 0 Å². The molecule has 1 aromatic rings. The third kappa shape index (κ3) is 10.3. The van der Waals surface area contributed by atoms with Gasteiger partial charge in [-0.2, -0.15) is 0 Å². The zero-order valence-corrected chi connectivity index (χ0v) is 12.0. The van der Waals surface area contributed by atoms with E-state index in [0.717, 1.165) is 32.4 Å². The second-order valence-electron chi connectivity index (χ2n) is 4.25. The predicted molar refractivity (Wildman–Crippen MR) is 78.3 cm³/mol. The molecule has 0 heterocycles. The first-order valence-electron chi connectivity index (χ1n) is 6.84. The zero-order valence-electron chi connectivity index (χ0n) is 12.0. The van der Waals surface area contributed by atoms with Crippen molar-refractivity contribution >= 4 is 0 Å². The molecule has 0 amide bonds. The molecule has 3 N–H and O–H groups in total. The molecular weight excluding hydrogens is 224 g/mol. The molecule has 0 unspecified atom stereocenters. The molecule has 18 heavy (non-hydrogen) atoms. The van der Waals surface area contributed by atoms with Crippen LogP contribution in [0.25, 0.3) is 0 Å². The van der Waals surface area contributed by atoms with Crippen LogP contribution < -0.4 is 11.2 Å². The number of rotatable bonds is 7. The lowest BCUT2D eigenvalue weighted by molar-refractivity contribution is -0.0280. The maximum Gasteiger partial charge on any atom is 0.0785 e. The minimum atomic E-state index is 0.354. The third-order valence-corrected chi connectivity index (χ3v) is 2.58. The van der Waals surface area contributed by atoms with Crippen molar-refractivity contribution in [2.24, 2.45) is 5.73 Å². The molecule has 3 nitrogen and oxygen atoms in total. The highest BCUT2D eigenvalue weighted by atomic mass is 16.7. The lowest BCUT2D eigenvalue weighted by atomic mass is 10.2. The summed E-state index contributed by atoms with van der Waals surface area (Å²) in [5.41, 5.74) is 9.54. The summed E-state index contributed by atoms with van der Waals surface area (Å²) in [5.74, 6) is 0. The minimum absolute atomic E-state index is 0.354. The van der Waals surface area contributed by atoms with Crippen LogP contribution in [0.4, 0.5) is 0 Å². The van der Waals surface area contributed by atoms with Crippen LogP contribution in [0.3, 0.4) is 0 Å². The Morgan fingerprint density at radius 3 is 2.17 bits per heavy atom. The number of nitrogens with two attached hydrogens (primary N) is 1. The lowest BCUT2D eigenvalue weighted by Crippen LogP contribution is -2.25. The molecule has 104 valence electrons. The summed E-state index contributed by atoms with van der Waals surface area (Å²) in [7, 11) is 0. The zero-order chi connectivity index (χ0) is 13.6. The highest BCUT2D eigenvalue weighted by Crippen LogP contribution is 1.99. The number of nitrogens with one attached hydrogen (secondary N) is 1. The smallest absolute Gasteiger partial charge is 0.0785 e. The lowest BCUT2D eigenvalue weighted by Gasteiger charge is -2.13. The van der Waals surface area contributed by atoms with Gasteiger partial charge in [0, 0.05) is 6.54 Å². The van der Waals surface area contributed by atoms with E-state index in [1.807, 2.05) is 18.2 Å². The van der Waals surface area contributed by atoms with E-state index < -0.39 is 0 Å². The summed E-state index contributed by atoms with van der Waals surface area (Å²) in [4.78, 5) is 5.34. The first kappa shape index (κ1) is 17.1. The highest BCUT2D eigenvalue weighted by molar-refractivity contribution is 5.11. The van der Waals surface area contributed by atoms with Gasteiger partial charge in [-0.25, -0.2) is 5.48 Å². The van der Waals surface area contributed by atoms with Gasteiger partial charge < -0.3 is 5.73 Å². The van der Waals surface area contributed by atoms with Crippen LogP contribution >= 0.6 is 0 Å². The highest BCUT2D eigenvalue weighted by Gasteiger charge is 2.01. The molecule has 0 spiro atoms. The fraction of sp³-hybridized carbons (Fsp3) is 0.600. The minimum Gasteiger partial charge on any atom is -0.330 e. The van der Waals surface area contributed by atoms with Crippen molar-refractivity contribution in [1.29, 1.82) is 0 Å². The first-order chi connectivity index (χ1) is 8.74. The van der Waals surface area contributed by atoms with Gasteiger partial charge in [-0.1, -0.05) is 49.7 Å². The average Bonchev–Trinajstić information content (AvgIpc) is 2.41. The van der Waals surface area contributed by atoms with Crippen molar-refractivity contribution in [1.82, 2.24) is 5.48 Å². The van der Waals surface area contributed by atoms with Crippen molar-refractivity contribution in [3.8, 4) is 0 Å². The Balaban J connectivity index is 0.000000351. The summed E-state index contributed by atoms with van der Waals surface area (Å²) < 4.78 is 0. The van der Waals surface area contributed by atoms with E-state index in [-0.39, 0.29) is 0 Å². The third-order valence-electron chi connectivity index (χ3n) is 2.58. The van der Waals surface area contributed by atoms with Crippen LogP contribution in [-0.4, -0.2) is 19.2 Å². The number of hydrogen-bond acceptors (Lipinski definition) is 3. The molecule has 0 aliphatic rings. The van der Waals surface area contributed by atoms with Gasteiger partial charge in [-0.05, 0) is 32.7 Å². The molecule has 0 aliphatic carbocycles. The van der Waals surface area contributed by atoms with E-state index in [1.165, 1.54) is 5.56 Å². The molecule has 0 saturated carbocycles. The molecule has 1 aromatic carbocycles. The summed E-state index contributed by atoms with van der Waals surface area (Å²) in [6.45, 7) is 7.91. The van der Waals surface area contributed by atoms with Gasteiger partial charge >= 0.3 is 0 Å². The number of benzene rings is 1. The maximum absolute atomic E-state index is 5.34. The molecule has 3 heteroatoms. The Kier molecular flexibility index (Phi) is 11.9. The van der Waals surface area contributed by atoms with Crippen LogP contribution in [0, 0.1) is 6.92 Å². The molecule has 0 aromatic heterocycles. The Morgan fingerprint density at radius 2 is 1.78 bits per heavy atom. The quantitative estimate of drug-likeness (QED) is 0.579. The first-order valence-corrected chi connectivity index (χ1v) is 6.84. The second kappa shape index (κ2) is 12.6. The Labute approximate surface area is 112 Å². The Bertz CT molecular complexity index is 260. The monoisotopic (exact) mass is 252 g/mol. The number of hydroxylamine groups is 1. The standard InChI is InChI=1S/C8H20N2O.C7H8/c1-3-8(4-2)11-10-7-5-6-9;1-7-5-3-2-4-6-7/h8,10H,3-7,9H2,1-2H3;2-6H,1H3. The summed E-state index contributed by atoms with van der Waals surface area (Å²) in [5, 5.41) is 0. The largest absolute Gasteiger partial charge is 0.330 e. The molecule has 0 atom stereocenters. The van der Waals surface area contributed by atoms with Crippen molar-refractivity contribution in [2.75, 3.05) is 13.1 Å².